The van der Waals surface area contributed by atoms with Gasteiger partial charge < -0.3 is 24.3 Å². The van der Waals surface area contributed by atoms with Gasteiger partial charge in [0.2, 0.25) is 0 Å². The van der Waals surface area contributed by atoms with Gasteiger partial charge in [-0.1, -0.05) is 19.9 Å². The fourth-order valence-electron chi connectivity index (χ4n) is 3.92. The smallest absolute Gasteiger partial charge is 0.339 e. The molecule has 8 heteroatoms. The van der Waals surface area contributed by atoms with Crippen molar-refractivity contribution in [2.24, 2.45) is 5.92 Å². The number of amides is 1. The molecule has 0 unspecified atom stereocenters. The summed E-state index contributed by atoms with van der Waals surface area (Å²) in [5.41, 5.74) is 2.38. The lowest BCUT2D eigenvalue weighted by Crippen LogP contribution is -2.18. The van der Waals surface area contributed by atoms with Crippen LogP contribution in [0.2, 0.25) is 0 Å². The van der Waals surface area contributed by atoms with E-state index in [9.17, 15) is 19.1 Å². The first kappa shape index (κ1) is 24.8. The standard InChI is InChI=1S/C28H26FNO6/c1-15(2)14-35-23-13-24-20(12-19(23)17-7-10-22(34-4)21(11-17)28(32)33)25(27(31)30-3)26(36-24)16-5-8-18(29)9-6-16/h5-13,15H,14H2,1-4H3,(H,30,31)(H,32,33). The van der Waals surface area contributed by atoms with Crippen LogP contribution in [0.1, 0.15) is 34.6 Å². The van der Waals surface area contributed by atoms with Crippen molar-refractivity contribution >= 4 is 22.8 Å². The van der Waals surface area contributed by atoms with Crippen LogP contribution >= 0.6 is 0 Å². The molecule has 0 fully saturated rings. The number of rotatable bonds is 8. The Hall–Kier alpha value is -4.33. The number of nitrogens with one attached hydrogen (secondary N) is 1. The number of halogens is 1. The van der Waals surface area contributed by atoms with Gasteiger partial charge in [0.1, 0.15) is 34.2 Å². The molecule has 0 bridgehead atoms. The van der Waals surface area contributed by atoms with Gasteiger partial charge in [-0.05, 0) is 53.9 Å². The molecule has 0 spiro atoms. The maximum atomic E-state index is 13.5. The Morgan fingerprint density at radius 3 is 2.33 bits per heavy atom. The molecule has 3 aromatic carbocycles. The second-order valence-electron chi connectivity index (χ2n) is 8.66. The second kappa shape index (κ2) is 10.1. The summed E-state index contributed by atoms with van der Waals surface area (Å²) in [6, 6.07) is 13.9. The highest BCUT2D eigenvalue weighted by atomic mass is 19.1. The van der Waals surface area contributed by atoms with E-state index in [1.54, 1.807) is 36.4 Å². The maximum Gasteiger partial charge on any atom is 0.339 e. The van der Waals surface area contributed by atoms with Gasteiger partial charge in [0, 0.05) is 29.6 Å². The Kier molecular flexibility index (Phi) is 6.96. The Morgan fingerprint density at radius 2 is 1.72 bits per heavy atom. The van der Waals surface area contributed by atoms with Crippen LogP contribution < -0.4 is 14.8 Å². The van der Waals surface area contributed by atoms with Crippen molar-refractivity contribution in [1.29, 1.82) is 0 Å². The zero-order valence-electron chi connectivity index (χ0n) is 20.3. The molecule has 7 nitrogen and oxygen atoms in total. The largest absolute Gasteiger partial charge is 0.496 e. The third-order valence-electron chi connectivity index (χ3n) is 5.66. The number of methoxy groups -OCH3 is 1. The number of carbonyl (C=O) groups excluding carboxylic acids is 1. The van der Waals surface area contributed by atoms with Crippen LogP contribution in [0.5, 0.6) is 11.5 Å². The molecule has 4 rings (SSSR count). The van der Waals surface area contributed by atoms with Crippen molar-refractivity contribution in [2.45, 2.75) is 13.8 Å². The van der Waals surface area contributed by atoms with Crippen LogP contribution in [0.4, 0.5) is 4.39 Å². The number of hydrogen-bond donors (Lipinski definition) is 2. The number of hydrogen-bond acceptors (Lipinski definition) is 5. The van der Waals surface area contributed by atoms with E-state index in [1.165, 1.54) is 32.4 Å². The number of ether oxygens (including phenoxy) is 2. The highest BCUT2D eigenvalue weighted by Gasteiger charge is 2.24. The highest BCUT2D eigenvalue weighted by molar-refractivity contribution is 6.12. The molecule has 1 amide bonds. The maximum absolute atomic E-state index is 13.5. The van der Waals surface area contributed by atoms with Gasteiger partial charge in [-0.2, -0.15) is 0 Å². The summed E-state index contributed by atoms with van der Waals surface area (Å²) >= 11 is 0. The molecule has 2 N–H and O–H groups in total. The number of carbonyl (C=O) groups is 2. The van der Waals surface area contributed by atoms with E-state index in [0.29, 0.717) is 40.0 Å². The zero-order chi connectivity index (χ0) is 26.0. The molecule has 4 aromatic rings. The highest BCUT2D eigenvalue weighted by Crippen LogP contribution is 2.41. The van der Waals surface area contributed by atoms with Gasteiger partial charge >= 0.3 is 5.97 Å². The molecule has 186 valence electrons. The molecular weight excluding hydrogens is 465 g/mol. The van der Waals surface area contributed by atoms with E-state index < -0.39 is 11.8 Å². The number of aromatic carboxylic acids is 1. The van der Waals surface area contributed by atoms with E-state index >= 15 is 0 Å². The van der Waals surface area contributed by atoms with E-state index in [0.717, 1.165) is 0 Å². The molecule has 0 radical (unpaired) electrons. The zero-order valence-corrected chi connectivity index (χ0v) is 20.3. The van der Waals surface area contributed by atoms with Gasteiger partial charge in [-0.25, -0.2) is 9.18 Å². The molecule has 1 heterocycles. The second-order valence-corrected chi connectivity index (χ2v) is 8.66. The summed E-state index contributed by atoms with van der Waals surface area (Å²) in [7, 11) is 2.92. The summed E-state index contributed by atoms with van der Waals surface area (Å²) < 4.78 is 30.9. The normalized spacial score (nSPS) is 11.1. The molecule has 0 atom stereocenters. The van der Waals surface area contributed by atoms with E-state index in [-0.39, 0.29) is 34.5 Å². The van der Waals surface area contributed by atoms with Crippen LogP contribution in [0.15, 0.2) is 59.0 Å². The van der Waals surface area contributed by atoms with Gasteiger partial charge in [0.15, 0.2) is 0 Å². The Morgan fingerprint density at radius 1 is 1.03 bits per heavy atom. The van der Waals surface area contributed by atoms with Crippen LogP contribution in [0.25, 0.3) is 33.4 Å². The van der Waals surface area contributed by atoms with Crippen molar-refractivity contribution in [3.05, 3.63) is 71.5 Å². The number of carboxylic acids is 1. The first-order chi connectivity index (χ1) is 17.2. The van der Waals surface area contributed by atoms with Gasteiger partial charge in [0.05, 0.1) is 19.3 Å². The van der Waals surface area contributed by atoms with Crippen molar-refractivity contribution in [2.75, 3.05) is 20.8 Å². The van der Waals surface area contributed by atoms with Crippen LogP contribution in [0, 0.1) is 11.7 Å². The average molecular weight is 492 g/mol. The summed E-state index contributed by atoms with van der Waals surface area (Å²) in [5.74, 6) is -0.700. The summed E-state index contributed by atoms with van der Waals surface area (Å²) in [6.45, 7) is 4.43. The third-order valence-corrected chi connectivity index (χ3v) is 5.66. The number of furan rings is 1. The lowest BCUT2D eigenvalue weighted by molar-refractivity contribution is 0.0693. The molecule has 0 aliphatic rings. The Labute approximate surface area is 207 Å². The Balaban J connectivity index is 2.00. The first-order valence-electron chi connectivity index (χ1n) is 11.4. The molecule has 0 aliphatic heterocycles. The first-order valence-corrected chi connectivity index (χ1v) is 11.4. The predicted molar refractivity (Wildman–Crippen MR) is 134 cm³/mol. The summed E-state index contributed by atoms with van der Waals surface area (Å²) in [5, 5.41) is 12.8. The lowest BCUT2D eigenvalue weighted by atomic mass is 9.97. The third kappa shape index (κ3) is 4.75. The summed E-state index contributed by atoms with van der Waals surface area (Å²) in [6.07, 6.45) is 0. The molecule has 1 aromatic heterocycles. The topological polar surface area (TPSA) is 98.0 Å². The van der Waals surface area contributed by atoms with Crippen LogP contribution in [-0.4, -0.2) is 37.7 Å². The molecular formula is C28H26FNO6. The molecule has 0 aliphatic carbocycles. The fourth-order valence-corrected chi connectivity index (χ4v) is 3.92. The van der Waals surface area contributed by atoms with Gasteiger partial charge in [-0.15, -0.1) is 0 Å². The lowest BCUT2D eigenvalue weighted by Gasteiger charge is -2.15. The van der Waals surface area contributed by atoms with Crippen LogP contribution in [-0.2, 0) is 0 Å². The minimum atomic E-state index is -1.13. The van der Waals surface area contributed by atoms with Crippen LogP contribution in [0.3, 0.4) is 0 Å². The van der Waals surface area contributed by atoms with Crippen molar-refractivity contribution in [3.63, 3.8) is 0 Å². The van der Waals surface area contributed by atoms with E-state index in [1.807, 2.05) is 13.8 Å². The number of fused-ring (bicyclic) bond motifs is 1. The minimum absolute atomic E-state index is 0.00405. The SMILES string of the molecule is CNC(=O)c1c(-c2ccc(F)cc2)oc2cc(OCC(C)C)c(-c3ccc(OC)c(C(=O)O)c3)cc12. The minimum Gasteiger partial charge on any atom is -0.496 e. The number of carboxylic acid groups (broad SMARTS) is 1. The van der Waals surface area contributed by atoms with Crippen molar-refractivity contribution < 1.29 is 33.0 Å². The molecule has 0 saturated carbocycles. The monoisotopic (exact) mass is 491 g/mol. The van der Waals surface area contributed by atoms with Crippen molar-refractivity contribution in [1.82, 2.24) is 5.32 Å². The van der Waals surface area contributed by atoms with Gasteiger partial charge in [-0.3, -0.25) is 4.79 Å². The quantitative estimate of drug-likeness (QED) is 0.313. The summed E-state index contributed by atoms with van der Waals surface area (Å²) in [4.78, 5) is 24.8. The fraction of sp³-hybridized carbons (Fsp3) is 0.214. The number of benzene rings is 3. The van der Waals surface area contributed by atoms with Gasteiger partial charge in [0.25, 0.3) is 5.91 Å². The molecule has 36 heavy (non-hydrogen) atoms. The van der Waals surface area contributed by atoms with Crippen molar-refractivity contribution in [3.8, 4) is 33.9 Å². The van der Waals surface area contributed by atoms with E-state index in [4.69, 9.17) is 13.9 Å². The predicted octanol–water partition coefficient (Wildman–Crippen LogP) is 6.01. The molecule has 0 saturated heterocycles. The Bertz CT molecular complexity index is 1440. The average Bonchev–Trinajstić information content (AvgIpc) is 3.24. The van der Waals surface area contributed by atoms with E-state index in [2.05, 4.69) is 5.32 Å².